The van der Waals surface area contributed by atoms with Crippen molar-refractivity contribution < 1.29 is 28.5 Å². The van der Waals surface area contributed by atoms with Gasteiger partial charge in [0.25, 0.3) is 11.6 Å². The number of ether oxygens (including phenoxy) is 4. The minimum Gasteiger partial charge on any atom is -0.448 e. The van der Waals surface area contributed by atoms with E-state index < -0.39 is 23.5 Å². The largest absolute Gasteiger partial charge is 0.448 e. The number of anilines is 2. The van der Waals surface area contributed by atoms with Crippen LogP contribution in [0.1, 0.15) is 49.7 Å². The molecule has 2 atom stereocenters. The molecule has 0 amide bonds. The summed E-state index contributed by atoms with van der Waals surface area (Å²) in [6, 6.07) is 12.0. The van der Waals surface area contributed by atoms with E-state index in [1.165, 1.54) is 0 Å². The van der Waals surface area contributed by atoms with Crippen molar-refractivity contribution in [3.8, 4) is 11.5 Å². The Bertz CT molecular complexity index is 1550. The third kappa shape index (κ3) is 6.61. The molecular formula is C36H44N6O6. The molecule has 0 radical (unpaired) electrons. The Morgan fingerprint density at radius 3 is 1.56 bits per heavy atom. The molecule has 2 aliphatic carbocycles. The molecule has 2 aromatic rings. The molecule has 12 nitrogen and oxygen atoms in total. The fraction of sp³-hybridized carbons (Fsp3) is 0.556. The van der Waals surface area contributed by atoms with Crippen LogP contribution >= 0.6 is 0 Å². The number of benzene rings is 2. The van der Waals surface area contributed by atoms with Gasteiger partial charge in [0.1, 0.15) is 23.2 Å². The molecular weight excluding hydrogens is 612 g/mol. The maximum atomic E-state index is 13.9. The lowest BCUT2D eigenvalue weighted by atomic mass is 10.0. The Morgan fingerprint density at radius 1 is 0.750 bits per heavy atom. The lowest BCUT2D eigenvalue weighted by molar-refractivity contribution is -0.220. The van der Waals surface area contributed by atoms with Crippen LogP contribution in [0.3, 0.4) is 0 Å². The molecule has 4 heterocycles. The average Bonchev–Trinajstić information content (AvgIpc) is 3.94. The summed E-state index contributed by atoms with van der Waals surface area (Å²) < 4.78 is 25.4. The fourth-order valence-electron chi connectivity index (χ4n) is 7.11. The summed E-state index contributed by atoms with van der Waals surface area (Å²) in [6.45, 7) is 8.86. The molecule has 0 saturated heterocycles. The van der Waals surface area contributed by atoms with Crippen molar-refractivity contribution in [2.24, 2.45) is 21.8 Å². The van der Waals surface area contributed by atoms with Crippen molar-refractivity contribution in [3.63, 3.8) is 0 Å². The summed E-state index contributed by atoms with van der Waals surface area (Å²) >= 11 is 0. The van der Waals surface area contributed by atoms with Crippen LogP contribution in [0.15, 0.2) is 46.4 Å². The minimum absolute atomic E-state index is 0.171. The van der Waals surface area contributed by atoms with Gasteiger partial charge in [-0.15, -0.1) is 0 Å². The SMILES string of the molecule is Cc1ccc2c(c1)N(CC1CC1)CC(CC1=NCCN1)(OC(=O)C(=O)OC1(CC3=NCCN3)CN(CC3CC3)c3cc(C)ccc3O1)O2. The third-order valence-electron chi connectivity index (χ3n) is 9.80. The van der Waals surface area contributed by atoms with Crippen molar-refractivity contribution in [1.82, 2.24) is 10.6 Å². The van der Waals surface area contributed by atoms with E-state index in [9.17, 15) is 9.59 Å². The summed E-state index contributed by atoms with van der Waals surface area (Å²) in [7, 11) is 0. The Hall–Kier alpha value is -4.48. The van der Waals surface area contributed by atoms with Crippen molar-refractivity contribution in [2.75, 3.05) is 62.2 Å². The van der Waals surface area contributed by atoms with Crippen LogP contribution in [0.5, 0.6) is 11.5 Å². The number of hydrogen-bond acceptors (Lipinski definition) is 12. The number of esters is 2. The fourth-order valence-corrected chi connectivity index (χ4v) is 7.11. The first-order valence-corrected chi connectivity index (χ1v) is 17.3. The van der Waals surface area contributed by atoms with Gasteiger partial charge in [-0.05, 0) is 86.8 Å². The molecule has 0 bridgehead atoms. The van der Waals surface area contributed by atoms with Crippen molar-refractivity contribution in [1.29, 1.82) is 0 Å². The van der Waals surface area contributed by atoms with E-state index in [1.54, 1.807) is 0 Å². The van der Waals surface area contributed by atoms with E-state index in [-0.39, 0.29) is 25.9 Å². The van der Waals surface area contributed by atoms with Gasteiger partial charge in [0.05, 0.1) is 50.4 Å². The number of aryl methyl sites for hydroxylation is 2. The lowest BCUT2D eigenvalue weighted by Crippen LogP contribution is -2.59. The second-order valence-electron chi connectivity index (χ2n) is 14.3. The highest BCUT2D eigenvalue weighted by Gasteiger charge is 2.51. The molecule has 8 rings (SSSR count). The molecule has 2 aromatic carbocycles. The first kappa shape index (κ1) is 30.8. The number of hydrogen-bond donors (Lipinski definition) is 2. The van der Waals surface area contributed by atoms with Gasteiger partial charge in [-0.1, -0.05) is 12.1 Å². The predicted octanol–water partition coefficient (Wildman–Crippen LogP) is 3.48. The average molecular weight is 657 g/mol. The van der Waals surface area contributed by atoms with Crippen LogP contribution in [0, 0.1) is 25.7 Å². The highest BCUT2D eigenvalue weighted by atomic mass is 16.8. The monoisotopic (exact) mass is 656 g/mol. The van der Waals surface area contributed by atoms with Gasteiger partial charge in [0, 0.05) is 26.2 Å². The van der Waals surface area contributed by atoms with Gasteiger partial charge >= 0.3 is 11.9 Å². The molecule has 4 aliphatic heterocycles. The number of carbonyl (C=O) groups excluding carboxylic acids is 2. The third-order valence-corrected chi connectivity index (χ3v) is 9.80. The van der Waals surface area contributed by atoms with Crippen LogP contribution < -0.4 is 29.9 Å². The standard InChI is InChI=1S/C36H44N6O6/c1-23-3-9-29-27(15-23)41(19-25-5-6-25)21-35(45-29,17-31-37-11-12-38-31)47-33(43)34(44)48-36(18-32-39-13-14-40-32)22-42(20-26-7-8-26)28-16-24(2)4-10-30(28)46-36/h3-4,9-10,15-16,25-26H,5-8,11-14,17-22H2,1-2H3,(H,37,38)(H,39,40). The number of rotatable bonds is 10. The first-order chi connectivity index (χ1) is 23.2. The molecule has 2 fully saturated rings. The molecule has 2 N–H and O–H groups in total. The Labute approximate surface area is 280 Å². The van der Waals surface area contributed by atoms with Gasteiger partial charge in [0.15, 0.2) is 0 Å². The molecule has 0 aromatic heterocycles. The second kappa shape index (κ2) is 12.2. The van der Waals surface area contributed by atoms with Crippen molar-refractivity contribution in [2.45, 2.75) is 63.9 Å². The summed E-state index contributed by atoms with van der Waals surface area (Å²) in [6.07, 6.45) is 4.99. The zero-order chi connectivity index (χ0) is 32.9. The van der Waals surface area contributed by atoms with Gasteiger partial charge in [-0.2, -0.15) is 0 Å². The van der Waals surface area contributed by atoms with Crippen LogP contribution in [-0.4, -0.2) is 87.5 Å². The Balaban J connectivity index is 1.08. The molecule has 48 heavy (non-hydrogen) atoms. The van der Waals surface area contributed by atoms with Crippen LogP contribution in [-0.2, 0) is 19.1 Å². The molecule has 2 unspecified atom stereocenters. The van der Waals surface area contributed by atoms with Gasteiger partial charge in [-0.3, -0.25) is 9.98 Å². The van der Waals surface area contributed by atoms with Crippen molar-refractivity contribution >= 4 is 35.0 Å². The van der Waals surface area contributed by atoms with E-state index in [1.807, 2.05) is 38.1 Å². The summed E-state index contributed by atoms with van der Waals surface area (Å²) in [5.41, 5.74) is 4.14. The maximum Gasteiger partial charge on any atom is 0.420 e. The molecule has 12 heteroatoms. The summed E-state index contributed by atoms with van der Waals surface area (Å²) in [5.74, 6) is -1.57. The van der Waals surface area contributed by atoms with Crippen LogP contribution in [0.2, 0.25) is 0 Å². The van der Waals surface area contributed by atoms with E-state index in [0.717, 1.165) is 61.3 Å². The highest BCUT2D eigenvalue weighted by Crippen LogP contribution is 2.44. The number of carbonyl (C=O) groups is 2. The number of amidine groups is 2. The van der Waals surface area contributed by atoms with Crippen molar-refractivity contribution in [3.05, 3.63) is 47.5 Å². The smallest absolute Gasteiger partial charge is 0.420 e. The normalized spacial score (nSPS) is 25.8. The van der Waals surface area contributed by atoms with E-state index in [0.29, 0.717) is 61.2 Å². The Kier molecular flexibility index (Phi) is 7.83. The van der Waals surface area contributed by atoms with Gasteiger partial charge in [0.2, 0.25) is 0 Å². The predicted molar refractivity (Wildman–Crippen MR) is 181 cm³/mol. The van der Waals surface area contributed by atoms with E-state index in [4.69, 9.17) is 18.9 Å². The zero-order valence-corrected chi connectivity index (χ0v) is 27.8. The second-order valence-corrected chi connectivity index (χ2v) is 14.3. The number of nitrogens with one attached hydrogen (secondary N) is 2. The molecule has 2 saturated carbocycles. The number of fused-ring (bicyclic) bond motifs is 2. The van der Waals surface area contributed by atoms with E-state index in [2.05, 4.69) is 42.6 Å². The van der Waals surface area contributed by atoms with Gasteiger partial charge < -0.3 is 39.4 Å². The lowest BCUT2D eigenvalue weighted by Gasteiger charge is -2.45. The summed E-state index contributed by atoms with van der Waals surface area (Å²) in [4.78, 5) is 41.5. The number of nitrogens with zero attached hydrogens (tertiary/aromatic N) is 4. The molecule has 254 valence electrons. The minimum atomic E-state index is -1.50. The maximum absolute atomic E-state index is 13.9. The Morgan fingerprint density at radius 2 is 1.19 bits per heavy atom. The zero-order valence-electron chi connectivity index (χ0n) is 27.8. The number of aliphatic imine (C=N–C) groups is 2. The molecule has 6 aliphatic rings. The summed E-state index contributed by atoms with van der Waals surface area (Å²) in [5, 5.41) is 6.56. The van der Waals surface area contributed by atoms with Gasteiger partial charge in [-0.25, -0.2) is 9.59 Å². The quantitative estimate of drug-likeness (QED) is 0.290. The molecule has 0 spiro atoms. The first-order valence-electron chi connectivity index (χ1n) is 17.3. The van der Waals surface area contributed by atoms with E-state index >= 15 is 0 Å². The van der Waals surface area contributed by atoms with Crippen LogP contribution in [0.25, 0.3) is 0 Å². The highest BCUT2D eigenvalue weighted by molar-refractivity contribution is 6.30. The topological polar surface area (TPSA) is 126 Å². The van der Waals surface area contributed by atoms with Crippen LogP contribution in [0.4, 0.5) is 11.4 Å².